The first-order chi connectivity index (χ1) is 10.7. The van der Waals surface area contributed by atoms with Crippen molar-refractivity contribution in [1.82, 2.24) is 10.4 Å². The topological polar surface area (TPSA) is 41.6 Å². The molecule has 116 valence electrons. The van der Waals surface area contributed by atoms with Gasteiger partial charge in [-0.05, 0) is 29.8 Å². The third-order valence-corrected chi connectivity index (χ3v) is 3.39. The van der Waals surface area contributed by atoms with Gasteiger partial charge in [-0.3, -0.25) is 10.2 Å². The Morgan fingerprint density at radius 3 is 2.23 bits per heavy atom. The molecule has 2 aromatic rings. The van der Waals surface area contributed by atoms with E-state index in [0.717, 1.165) is 24.4 Å². The van der Waals surface area contributed by atoms with E-state index in [1.54, 1.807) is 12.1 Å². The first-order valence-corrected chi connectivity index (χ1v) is 7.55. The van der Waals surface area contributed by atoms with Crippen molar-refractivity contribution in [2.45, 2.75) is 20.5 Å². The number of rotatable bonds is 7. The highest BCUT2D eigenvalue weighted by Crippen LogP contribution is 2.14. The fourth-order valence-electron chi connectivity index (χ4n) is 2.03. The number of carbonyl (C=O) groups is 1. The summed E-state index contributed by atoms with van der Waals surface area (Å²) in [7, 11) is 0. The predicted octanol–water partition coefficient (Wildman–Crippen LogP) is 3.25. The Kier molecular flexibility index (Phi) is 5.98. The van der Waals surface area contributed by atoms with Crippen molar-refractivity contribution in [2.24, 2.45) is 0 Å². The quantitative estimate of drug-likeness (QED) is 0.798. The van der Waals surface area contributed by atoms with Gasteiger partial charge in [0.25, 0.3) is 5.91 Å². The first-order valence-electron chi connectivity index (χ1n) is 7.55. The van der Waals surface area contributed by atoms with Crippen molar-refractivity contribution in [1.29, 1.82) is 0 Å². The minimum atomic E-state index is -0.0988. The number of nitrogens with one attached hydrogen (secondary N) is 1. The normalized spacial score (nSPS) is 10.5. The number of amides is 1. The van der Waals surface area contributed by atoms with Crippen LogP contribution in [0.5, 0.6) is 5.75 Å². The summed E-state index contributed by atoms with van der Waals surface area (Å²) in [4.78, 5) is 12.1. The highest BCUT2D eigenvalue weighted by Gasteiger charge is 2.08. The summed E-state index contributed by atoms with van der Waals surface area (Å²) in [5, 5.41) is 1.86. The zero-order chi connectivity index (χ0) is 15.8. The van der Waals surface area contributed by atoms with Gasteiger partial charge >= 0.3 is 0 Å². The van der Waals surface area contributed by atoms with Gasteiger partial charge in [-0.1, -0.05) is 44.2 Å². The maximum atomic E-state index is 12.1. The van der Waals surface area contributed by atoms with Crippen LogP contribution in [0.1, 0.15) is 29.8 Å². The summed E-state index contributed by atoms with van der Waals surface area (Å²) in [6.45, 7) is 6.08. The Bertz CT molecular complexity index is 578. The van der Waals surface area contributed by atoms with Gasteiger partial charge in [0.15, 0.2) is 0 Å². The van der Waals surface area contributed by atoms with Gasteiger partial charge in [0, 0.05) is 18.7 Å². The summed E-state index contributed by atoms with van der Waals surface area (Å²) in [5.41, 5.74) is 4.60. The van der Waals surface area contributed by atoms with Gasteiger partial charge in [0.05, 0.1) is 0 Å². The molecule has 0 saturated carbocycles. The molecule has 1 amide bonds. The lowest BCUT2D eigenvalue weighted by molar-refractivity contribution is 0.0805. The van der Waals surface area contributed by atoms with E-state index in [1.165, 1.54) is 0 Å². The number of ether oxygens (including phenoxy) is 1. The lowest BCUT2D eigenvalue weighted by Gasteiger charge is -2.19. The molecular formula is C18H22N2O2. The van der Waals surface area contributed by atoms with Gasteiger partial charge in [0.1, 0.15) is 12.4 Å². The summed E-state index contributed by atoms with van der Waals surface area (Å²) in [5.74, 6) is 0.654. The van der Waals surface area contributed by atoms with Crippen LogP contribution in [0.2, 0.25) is 0 Å². The molecular weight excluding hydrogens is 276 g/mol. The maximum Gasteiger partial charge on any atom is 0.265 e. The molecule has 0 aromatic heterocycles. The van der Waals surface area contributed by atoms with E-state index >= 15 is 0 Å². The molecule has 22 heavy (non-hydrogen) atoms. The molecule has 4 nitrogen and oxygen atoms in total. The zero-order valence-corrected chi connectivity index (χ0v) is 13.1. The number of hydrogen-bond donors (Lipinski definition) is 1. The molecule has 0 heterocycles. The monoisotopic (exact) mass is 298 g/mol. The van der Waals surface area contributed by atoms with Crippen LogP contribution in [0.25, 0.3) is 0 Å². The van der Waals surface area contributed by atoms with Crippen LogP contribution < -0.4 is 10.2 Å². The van der Waals surface area contributed by atoms with Gasteiger partial charge in [-0.15, -0.1) is 0 Å². The summed E-state index contributed by atoms with van der Waals surface area (Å²) in [6.07, 6.45) is 0. The zero-order valence-electron chi connectivity index (χ0n) is 13.1. The average Bonchev–Trinajstić information content (AvgIpc) is 2.59. The van der Waals surface area contributed by atoms with Gasteiger partial charge in [-0.25, -0.2) is 5.01 Å². The molecule has 0 unspecified atom stereocenters. The molecule has 0 spiro atoms. The average molecular weight is 298 g/mol. The highest BCUT2D eigenvalue weighted by molar-refractivity contribution is 5.93. The Morgan fingerprint density at radius 1 is 1.00 bits per heavy atom. The SMILES string of the molecule is CCN(CC)NC(=O)c1ccc(OCc2ccccc2)cc1. The maximum absolute atomic E-state index is 12.1. The molecule has 0 aliphatic heterocycles. The number of hydrogen-bond acceptors (Lipinski definition) is 3. The molecule has 0 radical (unpaired) electrons. The van der Waals surface area contributed by atoms with Crippen molar-refractivity contribution in [2.75, 3.05) is 13.1 Å². The predicted molar refractivity (Wildman–Crippen MR) is 87.6 cm³/mol. The molecule has 0 saturated heterocycles. The summed E-state index contributed by atoms with van der Waals surface area (Å²) >= 11 is 0. The Labute approximate surface area is 131 Å². The van der Waals surface area contributed by atoms with Crippen LogP contribution in [0.15, 0.2) is 54.6 Å². The number of hydrazine groups is 1. The smallest absolute Gasteiger partial charge is 0.265 e. The molecule has 0 bridgehead atoms. The lowest BCUT2D eigenvalue weighted by Crippen LogP contribution is -2.41. The largest absolute Gasteiger partial charge is 0.489 e. The van der Waals surface area contributed by atoms with E-state index in [-0.39, 0.29) is 5.91 Å². The second-order valence-corrected chi connectivity index (χ2v) is 4.91. The number of nitrogens with zero attached hydrogens (tertiary/aromatic N) is 1. The van der Waals surface area contributed by atoms with Crippen molar-refractivity contribution in [3.05, 3.63) is 65.7 Å². The van der Waals surface area contributed by atoms with Crippen LogP contribution in [0.3, 0.4) is 0 Å². The van der Waals surface area contributed by atoms with Gasteiger partial charge in [0.2, 0.25) is 0 Å². The highest BCUT2D eigenvalue weighted by atomic mass is 16.5. The minimum absolute atomic E-state index is 0.0988. The molecule has 0 fully saturated rings. The van der Waals surface area contributed by atoms with E-state index in [9.17, 15) is 4.79 Å². The molecule has 0 aliphatic carbocycles. The summed E-state index contributed by atoms with van der Waals surface area (Å²) in [6, 6.07) is 17.2. The molecule has 2 aromatic carbocycles. The van der Waals surface area contributed by atoms with Crippen LogP contribution >= 0.6 is 0 Å². The van der Waals surface area contributed by atoms with Crippen molar-refractivity contribution < 1.29 is 9.53 Å². The van der Waals surface area contributed by atoms with E-state index in [4.69, 9.17) is 4.74 Å². The van der Waals surface area contributed by atoms with Crippen molar-refractivity contribution in [3.8, 4) is 5.75 Å². The van der Waals surface area contributed by atoms with Crippen LogP contribution in [-0.4, -0.2) is 24.0 Å². The lowest BCUT2D eigenvalue weighted by atomic mass is 10.2. The van der Waals surface area contributed by atoms with Crippen LogP contribution in [0.4, 0.5) is 0 Å². The molecule has 1 N–H and O–H groups in total. The van der Waals surface area contributed by atoms with E-state index < -0.39 is 0 Å². The van der Waals surface area contributed by atoms with Gasteiger partial charge in [-0.2, -0.15) is 0 Å². The molecule has 2 rings (SSSR count). The van der Waals surface area contributed by atoms with Crippen LogP contribution in [-0.2, 0) is 6.61 Å². The molecule has 0 aliphatic rings. The third kappa shape index (κ3) is 4.60. The molecule has 4 heteroatoms. The fourth-order valence-corrected chi connectivity index (χ4v) is 2.03. The van der Waals surface area contributed by atoms with Crippen LogP contribution in [0, 0.1) is 0 Å². The standard InChI is InChI=1S/C18H22N2O2/c1-3-20(4-2)19-18(21)16-10-12-17(13-11-16)22-14-15-8-6-5-7-9-15/h5-13H,3-4,14H2,1-2H3,(H,19,21). The second-order valence-electron chi connectivity index (χ2n) is 4.91. The van der Waals surface area contributed by atoms with Crippen molar-refractivity contribution >= 4 is 5.91 Å². The van der Waals surface area contributed by atoms with Gasteiger partial charge < -0.3 is 4.74 Å². The van der Waals surface area contributed by atoms with E-state index in [2.05, 4.69) is 5.43 Å². The fraction of sp³-hybridized carbons (Fsp3) is 0.278. The third-order valence-electron chi connectivity index (χ3n) is 3.39. The van der Waals surface area contributed by atoms with Crippen molar-refractivity contribution in [3.63, 3.8) is 0 Å². The van der Waals surface area contributed by atoms with E-state index in [0.29, 0.717) is 12.2 Å². The first kappa shape index (κ1) is 16.0. The summed E-state index contributed by atoms with van der Waals surface area (Å²) < 4.78 is 5.71. The molecule has 0 atom stereocenters. The Balaban J connectivity index is 1.91. The Hall–Kier alpha value is -2.33. The van der Waals surface area contributed by atoms with E-state index in [1.807, 2.05) is 61.3 Å². The second kappa shape index (κ2) is 8.20. The number of benzene rings is 2. The number of carbonyl (C=O) groups excluding carboxylic acids is 1. The minimum Gasteiger partial charge on any atom is -0.489 e. The Morgan fingerprint density at radius 2 is 1.64 bits per heavy atom.